The van der Waals surface area contributed by atoms with Gasteiger partial charge in [-0.3, -0.25) is 9.78 Å². The maximum absolute atomic E-state index is 11.6. The van der Waals surface area contributed by atoms with Crippen LogP contribution in [0.15, 0.2) is 61.1 Å². The monoisotopic (exact) mass is 450 g/mol. The van der Waals surface area contributed by atoms with Crippen LogP contribution in [-0.2, 0) is 4.79 Å². The fraction of sp³-hybridized carbons (Fsp3) is 0.160. The lowest BCUT2D eigenvalue weighted by Crippen LogP contribution is -2.43. The molecule has 3 aromatic heterocycles. The Kier molecular flexibility index (Phi) is 5.97. The SMILES string of the molecule is C#CC(=O)Nc1ccnc(-c2cccc3cnc(Nc4ccc(N5CCNCC5)nc4)nc23)c1. The van der Waals surface area contributed by atoms with E-state index < -0.39 is 5.91 Å². The summed E-state index contributed by atoms with van der Waals surface area (Å²) in [6.07, 6.45) is 10.3. The fourth-order valence-corrected chi connectivity index (χ4v) is 3.82. The maximum atomic E-state index is 11.6. The highest BCUT2D eigenvalue weighted by Gasteiger charge is 2.12. The molecule has 0 radical (unpaired) electrons. The van der Waals surface area contributed by atoms with E-state index in [1.807, 2.05) is 36.3 Å². The van der Waals surface area contributed by atoms with Crippen molar-refractivity contribution in [3.05, 3.63) is 61.1 Å². The van der Waals surface area contributed by atoms with E-state index in [0.717, 1.165) is 54.2 Å². The van der Waals surface area contributed by atoms with Gasteiger partial charge in [-0.15, -0.1) is 6.42 Å². The van der Waals surface area contributed by atoms with Crippen molar-refractivity contribution in [2.45, 2.75) is 0 Å². The number of pyridine rings is 2. The number of anilines is 4. The number of rotatable bonds is 5. The Morgan fingerprint density at radius 2 is 1.91 bits per heavy atom. The molecule has 168 valence electrons. The third-order valence-electron chi connectivity index (χ3n) is 5.48. The van der Waals surface area contributed by atoms with Gasteiger partial charge in [-0.25, -0.2) is 15.0 Å². The summed E-state index contributed by atoms with van der Waals surface area (Å²) in [6.45, 7) is 3.81. The summed E-state index contributed by atoms with van der Waals surface area (Å²) in [7, 11) is 0. The Labute approximate surface area is 196 Å². The van der Waals surface area contributed by atoms with Crippen LogP contribution in [0.4, 0.5) is 23.1 Å². The Hall–Kier alpha value is -4.55. The molecule has 4 aromatic rings. The van der Waals surface area contributed by atoms with Crippen LogP contribution in [0.3, 0.4) is 0 Å². The molecule has 1 aromatic carbocycles. The van der Waals surface area contributed by atoms with Crippen LogP contribution < -0.4 is 20.9 Å². The van der Waals surface area contributed by atoms with E-state index in [0.29, 0.717) is 17.3 Å². The summed E-state index contributed by atoms with van der Waals surface area (Å²) >= 11 is 0. The molecule has 1 saturated heterocycles. The third-order valence-corrected chi connectivity index (χ3v) is 5.48. The van der Waals surface area contributed by atoms with Crippen molar-refractivity contribution >= 4 is 40.0 Å². The molecule has 0 bridgehead atoms. The Bertz CT molecular complexity index is 1370. The first-order valence-electron chi connectivity index (χ1n) is 10.9. The lowest BCUT2D eigenvalue weighted by Gasteiger charge is -2.28. The number of benzene rings is 1. The lowest BCUT2D eigenvalue weighted by atomic mass is 10.1. The molecule has 4 heterocycles. The predicted molar refractivity (Wildman–Crippen MR) is 133 cm³/mol. The first-order chi connectivity index (χ1) is 16.7. The normalized spacial score (nSPS) is 13.3. The number of amides is 1. The zero-order chi connectivity index (χ0) is 23.3. The zero-order valence-corrected chi connectivity index (χ0v) is 18.3. The molecular weight excluding hydrogens is 428 g/mol. The summed E-state index contributed by atoms with van der Waals surface area (Å²) in [4.78, 5) is 32.1. The summed E-state index contributed by atoms with van der Waals surface area (Å²) in [6, 6.07) is 13.2. The second-order valence-corrected chi connectivity index (χ2v) is 7.73. The van der Waals surface area contributed by atoms with Gasteiger partial charge in [0, 0.05) is 55.2 Å². The van der Waals surface area contributed by atoms with E-state index in [1.54, 1.807) is 30.7 Å². The van der Waals surface area contributed by atoms with Crippen molar-refractivity contribution in [2.75, 3.05) is 41.7 Å². The number of aromatic nitrogens is 4. The van der Waals surface area contributed by atoms with E-state index in [2.05, 4.69) is 35.8 Å². The molecule has 1 aliphatic heterocycles. The van der Waals surface area contributed by atoms with Crippen LogP contribution in [-0.4, -0.2) is 52.0 Å². The fourth-order valence-electron chi connectivity index (χ4n) is 3.82. The highest BCUT2D eigenvalue weighted by atomic mass is 16.1. The number of para-hydroxylation sites is 1. The van der Waals surface area contributed by atoms with Crippen molar-refractivity contribution in [1.29, 1.82) is 0 Å². The molecular formula is C25H22N8O. The van der Waals surface area contributed by atoms with E-state index in [1.165, 1.54) is 0 Å². The number of terminal acetylenes is 1. The summed E-state index contributed by atoms with van der Waals surface area (Å²) in [5, 5.41) is 10.1. The number of nitrogens with zero attached hydrogens (tertiary/aromatic N) is 5. The van der Waals surface area contributed by atoms with Gasteiger partial charge in [0.25, 0.3) is 5.91 Å². The third kappa shape index (κ3) is 4.62. The molecule has 1 aliphatic rings. The molecule has 0 saturated carbocycles. The van der Waals surface area contributed by atoms with Crippen molar-refractivity contribution in [2.24, 2.45) is 0 Å². The average molecular weight is 451 g/mol. The van der Waals surface area contributed by atoms with Gasteiger partial charge in [-0.2, -0.15) is 0 Å². The molecule has 0 spiro atoms. The molecule has 3 N–H and O–H groups in total. The van der Waals surface area contributed by atoms with Crippen molar-refractivity contribution in [1.82, 2.24) is 25.3 Å². The van der Waals surface area contributed by atoms with E-state index >= 15 is 0 Å². The standard InChI is InChI=1S/C25H22N8O/c1-2-23(34)30-18-8-9-27-21(14-18)20-5-3-4-17-15-29-25(32-24(17)20)31-19-6-7-22(28-16-19)33-12-10-26-11-13-33/h1,3-9,14-16,26H,10-13H2,(H,27,30,34)(H,29,31,32). The number of fused-ring (bicyclic) bond motifs is 1. The number of nitrogens with one attached hydrogen (secondary N) is 3. The van der Waals surface area contributed by atoms with Gasteiger partial charge in [0.05, 0.1) is 23.1 Å². The summed E-state index contributed by atoms with van der Waals surface area (Å²) < 4.78 is 0. The second-order valence-electron chi connectivity index (χ2n) is 7.73. The quantitative estimate of drug-likeness (QED) is 0.399. The highest BCUT2D eigenvalue weighted by molar-refractivity contribution is 6.04. The Morgan fingerprint density at radius 3 is 2.71 bits per heavy atom. The second kappa shape index (κ2) is 9.52. The van der Waals surface area contributed by atoms with Gasteiger partial charge in [0.2, 0.25) is 5.95 Å². The minimum absolute atomic E-state index is 0.452. The van der Waals surface area contributed by atoms with Crippen LogP contribution in [0.25, 0.3) is 22.2 Å². The molecule has 5 rings (SSSR count). The predicted octanol–water partition coefficient (Wildman–Crippen LogP) is 2.81. The molecule has 0 aliphatic carbocycles. The minimum Gasteiger partial charge on any atom is -0.354 e. The molecule has 1 amide bonds. The van der Waals surface area contributed by atoms with Gasteiger partial charge in [-0.05, 0) is 30.2 Å². The molecule has 0 unspecified atom stereocenters. The lowest BCUT2D eigenvalue weighted by molar-refractivity contribution is -0.111. The Morgan fingerprint density at radius 1 is 1.03 bits per heavy atom. The first-order valence-corrected chi connectivity index (χ1v) is 10.9. The van der Waals surface area contributed by atoms with Gasteiger partial charge < -0.3 is 20.9 Å². The number of piperazine rings is 1. The number of hydrogen-bond acceptors (Lipinski definition) is 8. The zero-order valence-electron chi connectivity index (χ0n) is 18.3. The van der Waals surface area contributed by atoms with Crippen LogP contribution in [0.5, 0.6) is 0 Å². The smallest absolute Gasteiger partial charge is 0.300 e. The number of hydrogen-bond donors (Lipinski definition) is 3. The van der Waals surface area contributed by atoms with Crippen molar-refractivity contribution in [3.63, 3.8) is 0 Å². The molecule has 0 atom stereocenters. The Balaban J connectivity index is 1.41. The summed E-state index contributed by atoms with van der Waals surface area (Å²) in [5.41, 5.74) is 3.57. The van der Waals surface area contributed by atoms with Crippen molar-refractivity contribution in [3.8, 4) is 23.6 Å². The van der Waals surface area contributed by atoms with Gasteiger partial charge >= 0.3 is 0 Å². The maximum Gasteiger partial charge on any atom is 0.300 e. The van der Waals surface area contributed by atoms with Gasteiger partial charge in [0.1, 0.15) is 5.82 Å². The van der Waals surface area contributed by atoms with Crippen LogP contribution in [0.2, 0.25) is 0 Å². The van der Waals surface area contributed by atoms with Crippen LogP contribution in [0, 0.1) is 12.3 Å². The van der Waals surface area contributed by atoms with Gasteiger partial charge in [0.15, 0.2) is 0 Å². The minimum atomic E-state index is -0.513. The van der Waals surface area contributed by atoms with Crippen LogP contribution >= 0.6 is 0 Å². The van der Waals surface area contributed by atoms with E-state index in [9.17, 15) is 4.79 Å². The average Bonchev–Trinajstić information content (AvgIpc) is 2.89. The van der Waals surface area contributed by atoms with Gasteiger partial charge in [-0.1, -0.05) is 18.2 Å². The molecule has 34 heavy (non-hydrogen) atoms. The number of carbonyl (C=O) groups is 1. The van der Waals surface area contributed by atoms with Crippen LogP contribution in [0.1, 0.15) is 0 Å². The largest absolute Gasteiger partial charge is 0.354 e. The van der Waals surface area contributed by atoms with E-state index in [-0.39, 0.29) is 0 Å². The molecule has 9 nitrogen and oxygen atoms in total. The van der Waals surface area contributed by atoms with Crippen molar-refractivity contribution < 1.29 is 4.79 Å². The molecule has 1 fully saturated rings. The highest BCUT2D eigenvalue weighted by Crippen LogP contribution is 2.28. The molecule has 9 heteroatoms. The van der Waals surface area contributed by atoms with E-state index in [4.69, 9.17) is 11.4 Å². The summed E-state index contributed by atoms with van der Waals surface area (Å²) in [5.74, 6) is 2.94. The topological polar surface area (TPSA) is 108 Å². The first kappa shape index (κ1) is 21.3. The number of carbonyl (C=O) groups excluding carboxylic acids is 1.